The van der Waals surface area contributed by atoms with Crippen molar-refractivity contribution < 1.29 is 28.5 Å². The average Bonchev–Trinajstić information content (AvgIpc) is 2.90. The molecule has 1 N–H and O–H groups in total. The number of Topliss-reactive ketones (excluding diaryl/α,β-unsaturated/α-hetero) is 1. The summed E-state index contributed by atoms with van der Waals surface area (Å²) in [5.74, 6) is 1.13. The molecule has 1 aliphatic carbocycles. The van der Waals surface area contributed by atoms with Gasteiger partial charge in [-0.25, -0.2) is 4.79 Å². The molecule has 7 nitrogen and oxygen atoms in total. The summed E-state index contributed by atoms with van der Waals surface area (Å²) in [5, 5.41) is 3.40. The normalized spacial score (nSPS) is 19.4. The van der Waals surface area contributed by atoms with Crippen molar-refractivity contribution in [2.75, 3.05) is 27.9 Å². The molecule has 4 rings (SSSR count). The SMILES string of the molecule is COc1ccc([C@@H]2CC(=O)C3=C(C2)NC(C)=C(C(=O)OCC(C)C)[C@H]3c2ccc(OC)c(OC)c2)cc1. The van der Waals surface area contributed by atoms with E-state index in [9.17, 15) is 9.59 Å². The number of benzene rings is 2. The van der Waals surface area contributed by atoms with Gasteiger partial charge in [0.1, 0.15) is 5.75 Å². The Morgan fingerprint density at radius 2 is 1.62 bits per heavy atom. The molecule has 7 heteroatoms. The van der Waals surface area contributed by atoms with Crippen molar-refractivity contribution in [1.29, 1.82) is 0 Å². The van der Waals surface area contributed by atoms with Crippen LogP contribution in [0.5, 0.6) is 17.2 Å². The van der Waals surface area contributed by atoms with Crippen molar-refractivity contribution in [1.82, 2.24) is 5.32 Å². The fourth-order valence-corrected chi connectivity index (χ4v) is 5.11. The number of esters is 1. The Hall–Kier alpha value is -3.74. The fraction of sp³-hybridized carbons (Fsp3) is 0.400. The molecule has 0 bridgehead atoms. The van der Waals surface area contributed by atoms with Gasteiger partial charge < -0.3 is 24.3 Å². The Morgan fingerprint density at radius 1 is 0.946 bits per heavy atom. The third-order valence-corrected chi connectivity index (χ3v) is 6.92. The first kappa shape index (κ1) is 26.3. The van der Waals surface area contributed by atoms with Gasteiger partial charge in [0.2, 0.25) is 0 Å². The summed E-state index contributed by atoms with van der Waals surface area (Å²) < 4.78 is 21.9. The predicted molar refractivity (Wildman–Crippen MR) is 141 cm³/mol. The summed E-state index contributed by atoms with van der Waals surface area (Å²) in [6, 6.07) is 13.4. The van der Waals surface area contributed by atoms with E-state index in [1.807, 2.05) is 57.2 Å². The lowest BCUT2D eigenvalue weighted by Crippen LogP contribution is -2.36. The Morgan fingerprint density at radius 3 is 2.24 bits per heavy atom. The first-order valence-corrected chi connectivity index (χ1v) is 12.5. The molecule has 0 aromatic heterocycles. The quantitative estimate of drug-likeness (QED) is 0.489. The van der Waals surface area contributed by atoms with Gasteiger partial charge in [0.25, 0.3) is 0 Å². The molecule has 196 valence electrons. The van der Waals surface area contributed by atoms with E-state index in [0.717, 1.165) is 22.6 Å². The number of carbonyl (C=O) groups is 2. The summed E-state index contributed by atoms with van der Waals surface area (Å²) >= 11 is 0. The molecule has 2 aliphatic rings. The van der Waals surface area contributed by atoms with Crippen molar-refractivity contribution in [3.63, 3.8) is 0 Å². The summed E-state index contributed by atoms with van der Waals surface area (Å²) in [7, 11) is 4.78. The number of hydrogen-bond acceptors (Lipinski definition) is 7. The predicted octanol–water partition coefficient (Wildman–Crippen LogP) is 5.27. The number of methoxy groups -OCH3 is 3. The van der Waals surface area contributed by atoms with E-state index in [1.54, 1.807) is 27.4 Å². The van der Waals surface area contributed by atoms with Gasteiger partial charge >= 0.3 is 5.97 Å². The average molecular weight is 506 g/mol. The van der Waals surface area contributed by atoms with Crippen LogP contribution in [0.3, 0.4) is 0 Å². The maximum Gasteiger partial charge on any atom is 0.336 e. The number of carbonyl (C=O) groups excluding carboxylic acids is 2. The van der Waals surface area contributed by atoms with E-state index in [1.165, 1.54) is 0 Å². The first-order valence-electron chi connectivity index (χ1n) is 12.5. The zero-order chi connectivity index (χ0) is 26.7. The van der Waals surface area contributed by atoms with Crippen molar-refractivity contribution in [2.24, 2.45) is 5.92 Å². The molecule has 0 spiro atoms. The topological polar surface area (TPSA) is 83.1 Å². The van der Waals surface area contributed by atoms with E-state index >= 15 is 0 Å². The molecule has 0 unspecified atom stereocenters. The van der Waals surface area contributed by atoms with Crippen LogP contribution in [0.4, 0.5) is 0 Å². The van der Waals surface area contributed by atoms with Crippen LogP contribution in [-0.2, 0) is 14.3 Å². The second kappa shape index (κ2) is 11.1. The zero-order valence-electron chi connectivity index (χ0n) is 22.3. The van der Waals surface area contributed by atoms with Crippen molar-refractivity contribution in [3.05, 3.63) is 76.1 Å². The molecule has 1 aliphatic heterocycles. The van der Waals surface area contributed by atoms with E-state index in [4.69, 9.17) is 18.9 Å². The molecular formula is C30H35NO6. The van der Waals surface area contributed by atoms with Gasteiger partial charge in [-0.1, -0.05) is 32.0 Å². The highest BCUT2D eigenvalue weighted by Crippen LogP contribution is 2.47. The summed E-state index contributed by atoms with van der Waals surface area (Å²) in [6.07, 6.45) is 1.01. The van der Waals surface area contributed by atoms with Gasteiger partial charge in [0.15, 0.2) is 17.3 Å². The Labute approximate surface area is 218 Å². The standard InChI is InChI=1S/C30H35NO6/c1-17(2)16-37-30(33)27-18(3)31-23-13-21(19-7-10-22(34-4)11-8-19)14-24(32)29(23)28(27)20-9-12-25(35-5)26(15-20)36-6/h7-12,15,17,21,28,31H,13-14,16H2,1-6H3/t21-,28+/m0/s1. The highest BCUT2D eigenvalue weighted by atomic mass is 16.5. The third kappa shape index (κ3) is 5.36. The van der Waals surface area contributed by atoms with Crippen molar-refractivity contribution in [2.45, 2.75) is 45.4 Å². The minimum atomic E-state index is -0.569. The molecule has 37 heavy (non-hydrogen) atoms. The molecule has 1 heterocycles. The van der Waals surface area contributed by atoms with Crippen LogP contribution >= 0.6 is 0 Å². The number of dihydropyridines is 1. The van der Waals surface area contributed by atoms with Crippen LogP contribution in [0.1, 0.15) is 56.6 Å². The van der Waals surface area contributed by atoms with Crippen LogP contribution in [0.25, 0.3) is 0 Å². The first-order chi connectivity index (χ1) is 17.8. The molecule has 0 amide bonds. The number of allylic oxidation sites excluding steroid dienone is 3. The second-order valence-electron chi connectivity index (χ2n) is 9.90. The van der Waals surface area contributed by atoms with E-state index < -0.39 is 11.9 Å². The van der Waals surface area contributed by atoms with Crippen LogP contribution in [0.15, 0.2) is 65.0 Å². The molecule has 2 aromatic carbocycles. The van der Waals surface area contributed by atoms with Gasteiger partial charge in [-0.2, -0.15) is 0 Å². The minimum Gasteiger partial charge on any atom is -0.497 e. The number of rotatable bonds is 8. The lowest BCUT2D eigenvalue weighted by atomic mass is 9.71. The van der Waals surface area contributed by atoms with Crippen LogP contribution in [-0.4, -0.2) is 39.7 Å². The van der Waals surface area contributed by atoms with Gasteiger partial charge in [-0.15, -0.1) is 0 Å². The largest absolute Gasteiger partial charge is 0.497 e. The van der Waals surface area contributed by atoms with Crippen LogP contribution in [0.2, 0.25) is 0 Å². The Kier molecular flexibility index (Phi) is 7.91. The van der Waals surface area contributed by atoms with Gasteiger partial charge in [0.05, 0.1) is 33.5 Å². The summed E-state index contributed by atoms with van der Waals surface area (Å²) in [6.45, 7) is 6.15. The molecule has 2 atom stereocenters. The number of nitrogens with one attached hydrogen (secondary N) is 1. The number of ketones is 1. The Balaban J connectivity index is 1.78. The van der Waals surface area contributed by atoms with Crippen molar-refractivity contribution >= 4 is 11.8 Å². The zero-order valence-corrected chi connectivity index (χ0v) is 22.3. The molecular weight excluding hydrogens is 470 g/mol. The van der Waals surface area contributed by atoms with Gasteiger partial charge in [-0.3, -0.25) is 4.79 Å². The van der Waals surface area contributed by atoms with E-state index in [2.05, 4.69) is 5.32 Å². The monoisotopic (exact) mass is 505 g/mol. The van der Waals surface area contributed by atoms with Crippen molar-refractivity contribution in [3.8, 4) is 17.2 Å². The van der Waals surface area contributed by atoms with Gasteiger partial charge in [-0.05, 0) is 60.6 Å². The molecule has 0 radical (unpaired) electrons. The van der Waals surface area contributed by atoms with E-state index in [0.29, 0.717) is 47.8 Å². The third-order valence-electron chi connectivity index (χ3n) is 6.92. The molecule has 2 aromatic rings. The maximum absolute atomic E-state index is 13.8. The molecule has 0 saturated heterocycles. The molecule has 0 fully saturated rings. The Bertz CT molecular complexity index is 1240. The maximum atomic E-state index is 13.8. The van der Waals surface area contributed by atoms with Crippen LogP contribution in [0, 0.1) is 5.92 Å². The summed E-state index contributed by atoms with van der Waals surface area (Å²) in [5.41, 5.74) is 4.44. The smallest absolute Gasteiger partial charge is 0.336 e. The highest BCUT2D eigenvalue weighted by molar-refractivity contribution is 6.04. The number of hydrogen-bond donors (Lipinski definition) is 1. The summed E-state index contributed by atoms with van der Waals surface area (Å²) in [4.78, 5) is 27.2. The van der Waals surface area contributed by atoms with E-state index in [-0.39, 0.29) is 17.6 Å². The minimum absolute atomic E-state index is 0.0102. The van der Waals surface area contributed by atoms with Gasteiger partial charge in [0, 0.05) is 29.3 Å². The number of ether oxygens (including phenoxy) is 4. The lowest BCUT2D eigenvalue weighted by Gasteiger charge is -2.37. The molecule has 0 saturated carbocycles. The lowest BCUT2D eigenvalue weighted by molar-refractivity contribution is -0.140. The highest BCUT2D eigenvalue weighted by Gasteiger charge is 2.41. The fourth-order valence-electron chi connectivity index (χ4n) is 5.11. The second-order valence-corrected chi connectivity index (χ2v) is 9.90. The van der Waals surface area contributed by atoms with Crippen LogP contribution < -0.4 is 19.5 Å².